The van der Waals surface area contributed by atoms with Crippen LogP contribution in [0.15, 0.2) is 29.1 Å². The predicted octanol–water partition coefficient (Wildman–Crippen LogP) is 1.07. The SMILES string of the molecule is CCn1c(C)nn(-c2ccc(O)cc2)c1=O. The van der Waals surface area contributed by atoms with E-state index >= 15 is 0 Å². The molecule has 1 aromatic carbocycles. The Balaban J connectivity index is 2.57. The average molecular weight is 219 g/mol. The summed E-state index contributed by atoms with van der Waals surface area (Å²) >= 11 is 0. The minimum atomic E-state index is -0.161. The summed E-state index contributed by atoms with van der Waals surface area (Å²) in [5.74, 6) is 0.851. The third kappa shape index (κ3) is 1.60. The normalized spacial score (nSPS) is 10.6. The molecule has 0 saturated heterocycles. The van der Waals surface area contributed by atoms with Crippen LogP contribution in [0.25, 0.3) is 5.69 Å². The van der Waals surface area contributed by atoms with E-state index in [0.717, 1.165) is 0 Å². The van der Waals surface area contributed by atoms with E-state index in [4.69, 9.17) is 5.11 Å². The molecular formula is C11H13N3O2. The summed E-state index contributed by atoms with van der Waals surface area (Å²) in [7, 11) is 0. The van der Waals surface area contributed by atoms with Gasteiger partial charge in [0.15, 0.2) is 0 Å². The zero-order chi connectivity index (χ0) is 11.7. The molecule has 5 heteroatoms. The van der Waals surface area contributed by atoms with Crippen molar-refractivity contribution in [2.75, 3.05) is 0 Å². The first-order chi connectivity index (χ1) is 7.63. The molecule has 0 unspecified atom stereocenters. The van der Waals surface area contributed by atoms with Crippen molar-refractivity contribution in [1.82, 2.24) is 14.3 Å². The van der Waals surface area contributed by atoms with E-state index < -0.39 is 0 Å². The number of nitrogens with zero attached hydrogens (tertiary/aromatic N) is 3. The highest BCUT2D eigenvalue weighted by Crippen LogP contribution is 2.11. The Labute approximate surface area is 92.6 Å². The summed E-state index contributed by atoms with van der Waals surface area (Å²) in [6.45, 7) is 4.29. The Bertz CT molecular complexity index is 552. The van der Waals surface area contributed by atoms with E-state index in [2.05, 4.69) is 5.10 Å². The van der Waals surface area contributed by atoms with Gasteiger partial charge in [-0.25, -0.2) is 4.79 Å². The monoisotopic (exact) mass is 219 g/mol. The van der Waals surface area contributed by atoms with Crippen LogP contribution in [-0.4, -0.2) is 19.5 Å². The molecule has 0 aliphatic carbocycles. The van der Waals surface area contributed by atoms with Gasteiger partial charge in [0, 0.05) is 6.54 Å². The number of hydrogen-bond acceptors (Lipinski definition) is 3. The molecule has 1 heterocycles. The maximum atomic E-state index is 11.9. The number of phenols is 1. The second-order valence-corrected chi connectivity index (χ2v) is 3.50. The third-order valence-corrected chi connectivity index (χ3v) is 2.46. The molecule has 0 aliphatic heterocycles. The van der Waals surface area contributed by atoms with E-state index in [-0.39, 0.29) is 11.4 Å². The van der Waals surface area contributed by atoms with Crippen molar-refractivity contribution >= 4 is 0 Å². The molecule has 0 amide bonds. The molecular weight excluding hydrogens is 206 g/mol. The lowest BCUT2D eigenvalue weighted by molar-refractivity contribution is 0.475. The Hall–Kier alpha value is -2.04. The molecule has 1 aromatic heterocycles. The standard InChI is InChI=1S/C11H13N3O2/c1-3-13-8(2)12-14(11(13)16)9-4-6-10(15)7-5-9/h4-7,15H,3H2,1-2H3. The highest BCUT2D eigenvalue weighted by Gasteiger charge is 2.09. The lowest BCUT2D eigenvalue weighted by Gasteiger charge is -1.98. The maximum Gasteiger partial charge on any atom is 0.350 e. The Kier molecular flexibility index (Phi) is 2.52. The summed E-state index contributed by atoms with van der Waals surface area (Å²) in [6, 6.07) is 6.37. The summed E-state index contributed by atoms with van der Waals surface area (Å²) in [4.78, 5) is 11.9. The van der Waals surface area contributed by atoms with E-state index in [1.165, 1.54) is 16.8 Å². The average Bonchev–Trinajstić information content (AvgIpc) is 2.55. The van der Waals surface area contributed by atoms with Crippen LogP contribution in [0.1, 0.15) is 12.7 Å². The number of rotatable bonds is 2. The van der Waals surface area contributed by atoms with Crippen LogP contribution >= 0.6 is 0 Å². The minimum Gasteiger partial charge on any atom is -0.508 e. The number of phenolic OH excluding ortho intramolecular Hbond substituents is 1. The highest BCUT2D eigenvalue weighted by atomic mass is 16.3. The van der Waals surface area contributed by atoms with Gasteiger partial charge in [0.2, 0.25) is 0 Å². The van der Waals surface area contributed by atoms with Crippen molar-refractivity contribution in [1.29, 1.82) is 0 Å². The zero-order valence-electron chi connectivity index (χ0n) is 9.21. The summed E-state index contributed by atoms with van der Waals surface area (Å²) in [5.41, 5.74) is 0.490. The van der Waals surface area contributed by atoms with E-state index in [1.54, 1.807) is 23.6 Å². The first-order valence-corrected chi connectivity index (χ1v) is 5.09. The van der Waals surface area contributed by atoms with E-state index in [1.807, 2.05) is 6.92 Å². The first kappa shape index (κ1) is 10.5. The van der Waals surface area contributed by atoms with Gasteiger partial charge < -0.3 is 5.11 Å². The molecule has 0 saturated carbocycles. The largest absolute Gasteiger partial charge is 0.508 e. The number of benzene rings is 1. The zero-order valence-corrected chi connectivity index (χ0v) is 9.21. The second-order valence-electron chi connectivity index (χ2n) is 3.50. The van der Waals surface area contributed by atoms with Crippen LogP contribution < -0.4 is 5.69 Å². The molecule has 1 N–H and O–H groups in total. The van der Waals surface area contributed by atoms with Crippen LogP contribution in [0.3, 0.4) is 0 Å². The number of aryl methyl sites for hydroxylation is 1. The van der Waals surface area contributed by atoms with E-state index in [0.29, 0.717) is 18.1 Å². The van der Waals surface area contributed by atoms with Gasteiger partial charge in [0.25, 0.3) is 0 Å². The highest BCUT2D eigenvalue weighted by molar-refractivity contribution is 5.35. The molecule has 0 bridgehead atoms. The molecule has 5 nitrogen and oxygen atoms in total. The molecule has 16 heavy (non-hydrogen) atoms. The molecule has 0 atom stereocenters. The van der Waals surface area contributed by atoms with Crippen molar-refractivity contribution in [2.24, 2.45) is 0 Å². The lowest BCUT2D eigenvalue weighted by atomic mass is 10.3. The summed E-state index contributed by atoms with van der Waals surface area (Å²) in [6.07, 6.45) is 0. The van der Waals surface area contributed by atoms with Crippen molar-refractivity contribution in [3.05, 3.63) is 40.6 Å². The molecule has 0 aliphatic rings. The van der Waals surface area contributed by atoms with E-state index in [9.17, 15) is 4.79 Å². The minimum absolute atomic E-state index is 0.161. The molecule has 2 rings (SSSR count). The van der Waals surface area contributed by atoms with Crippen LogP contribution in [-0.2, 0) is 6.54 Å². The molecule has 0 fully saturated rings. The topological polar surface area (TPSA) is 60.1 Å². The Morgan fingerprint density at radius 1 is 1.31 bits per heavy atom. The second kappa shape index (κ2) is 3.84. The summed E-state index contributed by atoms with van der Waals surface area (Å²) < 4.78 is 2.92. The van der Waals surface area contributed by atoms with Crippen molar-refractivity contribution in [2.45, 2.75) is 20.4 Å². The van der Waals surface area contributed by atoms with Crippen molar-refractivity contribution in [3.8, 4) is 11.4 Å². The van der Waals surface area contributed by atoms with Crippen molar-refractivity contribution < 1.29 is 5.11 Å². The Morgan fingerprint density at radius 3 is 2.44 bits per heavy atom. The third-order valence-electron chi connectivity index (χ3n) is 2.46. The maximum absolute atomic E-state index is 11.9. The first-order valence-electron chi connectivity index (χ1n) is 5.09. The van der Waals surface area contributed by atoms with Gasteiger partial charge in [0.1, 0.15) is 11.6 Å². The van der Waals surface area contributed by atoms with Gasteiger partial charge in [-0.15, -0.1) is 0 Å². The fraction of sp³-hybridized carbons (Fsp3) is 0.273. The Morgan fingerprint density at radius 2 is 1.94 bits per heavy atom. The van der Waals surface area contributed by atoms with Gasteiger partial charge in [0.05, 0.1) is 5.69 Å². The van der Waals surface area contributed by atoms with Crippen LogP contribution in [0.4, 0.5) is 0 Å². The quantitative estimate of drug-likeness (QED) is 0.821. The van der Waals surface area contributed by atoms with Crippen LogP contribution in [0.5, 0.6) is 5.75 Å². The predicted molar refractivity (Wildman–Crippen MR) is 59.9 cm³/mol. The van der Waals surface area contributed by atoms with Gasteiger partial charge in [-0.2, -0.15) is 9.78 Å². The van der Waals surface area contributed by atoms with Gasteiger partial charge in [-0.05, 0) is 38.1 Å². The number of aromatic nitrogens is 3. The summed E-state index contributed by atoms with van der Waals surface area (Å²) in [5, 5.41) is 13.3. The number of hydrogen-bond donors (Lipinski definition) is 1. The lowest BCUT2D eigenvalue weighted by Crippen LogP contribution is -2.23. The molecule has 0 radical (unpaired) electrons. The van der Waals surface area contributed by atoms with Crippen molar-refractivity contribution in [3.63, 3.8) is 0 Å². The molecule has 2 aromatic rings. The molecule has 84 valence electrons. The molecule has 0 spiro atoms. The number of aromatic hydroxyl groups is 1. The fourth-order valence-corrected chi connectivity index (χ4v) is 1.62. The smallest absolute Gasteiger partial charge is 0.350 e. The van der Waals surface area contributed by atoms with Crippen LogP contribution in [0.2, 0.25) is 0 Å². The fourth-order valence-electron chi connectivity index (χ4n) is 1.62. The van der Waals surface area contributed by atoms with Gasteiger partial charge in [-0.1, -0.05) is 0 Å². The van der Waals surface area contributed by atoms with Gasteiger partial charge >= 0.3 is 5.69 Å². The van der Waals surface area contributed by atoms with Gasteiger partial charge in [-0.3, -0.25) is 4.57 Å². The van der Waals surface area contributed by atoms with Crippen LogP contribution in [0, 0.1) is 6.92 Å².